The summed E-state index contributed by atoms with van der Waals surface area (Å²) in [5.41, 5.74) is 2.84. The first-order valence-electron chi connectivity index (χ1n) is 7.38. The molecule has 0 radical (unpaired) electrons. The minimum atomic E-state index is -0.989. The smallest absolute Gasteiger partial charge is 0.325 e. The van der Waals surface area contributed by atoms with Crippen LogP contribution >= 0.6 is 0 Å². The normalized spacial score (nSPS) is 11.9. The molecule has 2 N–H and O–H groups in total. The molecule has 0 fully saturated rings. The van der Waals surface area contributed by atoms with Gasteiger partial charge in [0.05, 0.1) is 12.7 Å². The molecule has 0 aliphatic rings. The molecule has 2 aromatic rings. The number of carboxylic acid groups (broad SMARTS) is 1. The standard InChI is InChI=1S/C16H20N4O3/c1-11-3-5-13(6-4-11)7-12(2)16(23)17-8-14-9-20(19-18-14)10-15(21)22/h3-6,9,12H,7-8,10H2,1-2H3,(H,17,23)(H,21,22). The molecule has 0 saturated carbocycles. The van der Waals surface area contributed by atoms with Crippen LogP contribution in [0.4, 0.5) is 0 Å². The van der Waals surface area contributed by atoms with Crippen molar-refractivity contribution < 1.29 is 14.7 Å². The van der Waals surface area contributed by atoms with Crippen LogP contribution in [-0.2, 0) is 29.1 Å². The van der Waals surface area contributed by atoms with Gasteiger partial charge in [-0.3, -0.25) is 9.59 Å². The van der Waals surface area contributed by atoms with Gasteiger partial charge in [0, 0.05) is 5.92 Å². The summed E-state index contributed by atoms with van der Waals surface area (Å²) >= 11 is 0. The van der Waals surface area contributed by atoms with E-state index < -0.39 is 5.97 Å². The number of aromatic nitrogens is 3. The van der Waals surface area contributed by atoms with E-state index in [4.69, 9.17) is 5.11 Å². The van der Waals surface area contributed by atoms with Crippen LogP contribution in [-0.4, -0.2) is 32.0 Å². The molecular weight excluding hydrogens is 296 g/mol. The van der Waals surface area contributed by atoms with E-state index in [1.807, 2.05) is 38.1 Å². The fraction of sp³-hybridized carbons (Fsp3) is 0.375. The number of nitrogens with zero attached hydrogens (tertiary/aromatic N) is 3. The number of hydrogen-bond donors (Lipinski definition) is 2. The summed E-state index contributed by atoms with van der Waals surface area (Å²) in [5.74, 6) is -1.22. The molecular formula is C16H20N4O3. The van der Waals surface area contributed by atoms with Crippen molar-refractivity contribution in [1.29, 1.82) is 0 Å². The van der Waals surface area contributed by atoms with Crippen LogP contribution < -0.4 is 5.32 Å². The lowest BCUT2D eigenvalue weighted by Gasteiger charge is -2.11. The van der Waals surface area contributed by atoms with Crippen molar-refractivity contribution in [1.82, 2.24) is 20.3 Å². The second-order valence-electron chi connectivity index (χ2n) is 5.61. The molecule has 1 heterocycles. The van der Waals surface area contributed by atoms with Gasteiger partial charge < -0.3 is 10.4 Å². The molecule has 0 aliphatic heterocycles. The number of carboxylic acids is 1. The van der Waals surface area contributed by atoms with Crippen molar-refractivity contribution in [3.8, 4) is 0 Å². The van der Waals surface area contributed by atoms with E-state index in [0.29, 0.717) is 12.1 Å². The van der Waals surface area contributed by atoms with Gasteiger partial charge in [-0.1, -0.05) is 42.0 Å². The number of nitrogens with one attached hydrogen (secondary N) is 1. The molecule has 0 spiro atoms. The maximum absolute atomic E-state index is 12.1. The van der Waals surface area contributed by atoms with E-state index >= 15 is 0 Å². The topological polar surface area (TPSA) is 97.1 Å². The molecule has 0 bridgehead atoms. The van der Waals surface area contributed by atoms with Crippen LogP contribution in [0.25, 0.3) is 0 Å². The van der Waals surface area contributed by atoms with Crippen molar-refractivity contribution in [2.75, 3.05) is 0 Å². The number of aliphatic carboxylic acids is 1. The number of amides is 1. The monoisotopic (exact) mass is 316 g/mol. The summed E-state index contributed by atoms with van der Waals surface area (Å²) in [5, 5.41) is 19.0. The second kappa shape index (κ2) is 7.53. The summed E-state index contributed by atoms with van der Waals surface area (Å²) < 4.78 is 1.22. The van der Waals surface area contributed by atoms with E-state index in [2.05, 4.69) is 15.6 Å². The molecule has 23 heavy (non-hydrogen) atoms. The van der Waals surface area contributed by atoms with Crippen molar-refractivity contribution in [2.24, 2.45) is 5.92 Å². The third-order valence-electron chi connectivity index (χ3n) is 3.44. The average Bonchev–Trinajstić information content (AvgIpc) is 2.93. The maximum Gasteiger partial charge on any atom is 0.325 e. The Bertz CT molecular complexity index is 679. The third-order valence-corrected chi connectivity index (χ3v) is 3.44. The molecule has 2 rings (SSSR count). The summed E-state index contributed by atoms with van der Waals surface area (Å²) in [6.07, 6.45) is 2.18. The lowest BCUT2D eigenvalue weighted by atomic mass is 9.99. The van der Waals surface area contributed by atoms with Crippen LogP contribution in [0.1, 0.15) is 23.7 Å². The van der Waals surface area contributed by atoms with Gasteiger partial charge >= 0.3 is 5.97 Å². The quantitative estimate of drug-likeness (QED) is 0.799. The van der Waals surface area contributed by atoms with Crippen molar-refractivity contribution >= 4 is 11.9 Å². The average molecular weight is 316 g/mol. The Balaban J connectivity index is 1.82. The highest BCUT2D eigenvalue weighted by atomic mass is 16.4. The first-order valence-corrected chi connectivity index (χ1v) is 7.38. The van der Waals surface area contributed by atoms with E-state index in [-0.39, 0.29) is 24.9 Å². The van der Waals surface area contributed by atoms with E-state index in [9.17, 15) is 9.59 Å². The molecule has 1 aromatic heterocycles. The summed E-state index contributed by atoms with van der Waals surface area (Å²) in [6.45, 7) is 3.88. The maximum atomic E-state index is 12.1. The van der Waals surface area contributed by atoms with Gasteiger partial charge in [0.25, 0.3) is 0 Å². The van der Waals surface area contributed by atoms with Crippen LogP contribution in [0.5, 0.6) is 0 Å². The second-order valence-corrected chi connectivity index (χ2v) is 5.61. The number of hydrogen-bond acceptors (Lipinski definition) is 4. The minimum absolute atomic E-state index is 0.0710. The zero-order valence-corrected chi connectivity index (χ0v) is 13.2. The molecule has 7 heteroatoms. The Morgan fingerprint density at radius 3 is 2.65 bits per heavy atom. The van der Waals surface area contributed by atoms with E-state index in [0.717, 1.165) is 5.56 Å². The largest absolute Gasteiger partial charge is 0.480 e. The molecule has 1 unspecified atom stereocenters. The molecule has 7 nitrogen and oxygen atoms in total. The van der Waals surface area contributed by atoms with Gasteiger partial charge in [-0.25, -0.2) is 4.68 Å². The first kappa shape index (κ1) is 16.7. The SMILES string of the molecule is Cc1ccc(CC(C)C(=O)NCc2cn(CC(=O)O)nn2)cc1. The van der Waals surface area contributed by atoms with Crippen molar-refractivity contribution in [3.63, 3.8) is 0 Å². The van der Waals surface area contributed by atoms with Gasteiger partial charge in [0.1, 0.15) is 12.2 Å². The van der Waals surface area contributed by atoms with Gasteiger partial charge in [0.2, 0.25) is 5.91 Å². The summed E-state index contributed by atoms with van der Waals surface area (Å²) in [4.78, 5) is 22.7. The zero-order valence-electron chi connectivity index (χ0n) is 13.2. The number of carbonyl (C=O) groups excluding carboxylic acids is 1. The fourth-order valence-corrected chi connectivity index (χ4v) is 2.16. The van der Waals surface area contributed by atoms with E-state index in [1.165, 1.54) is 16.4 Å². The fourth-order valence-electron chi connectivity index (χ4n) is 2.16. The molecule has 1 atom stereocenters. The van der Waals surface area contributed by atoms with Gasteiger partial charge in [-0.05, 0) is 18.9 Å². The van der Waals surface area contributed by atoms with E-state index in [1.54, 1.807) is 0 Å². The predicted molar refractivity (Wildman–Crippen MR) is 83.6 cm³/mol. The van der Waals surface area contributed by atoms with Gasteiger partial charge in [-0.2, -0.15) is 0 Å². The van der Waals surface area contributed by atoms with Gasteiger partial charge in [0.15, 0.2) is 0 Å². The minimum Gasteiger partial charge on any atom is -0.480 e. The Labute approximate surface area is 134 Å². The first-order chi connectivity index (χ1) is 10.9. The highest BCUT2D eigenvalue weighted by molar-refractivity contribution is 5.78. The molecule has 0 aliphatic carbocycles. The highest BCUT2D eigenvalue weighted by Gasteiger charge is 2.14. The summed E-state index contributed by atoms with van der Waals surface area (Å²) in [6, 6.07) is 8.11. The Morgan fingerprint density at radius 2 is 2.00 bits per heavy atom. The number of carbonyl (C=O) groups is 2. The molecule has 1 amide bonds. The van der Waals surface area contributed by atoms with Crippen LogP contribution in [0.3, 0.4) is 0 Å². The van der Waals surface area contributed by atoms with Crippen molar-refractivity contribution in [3.05, 3.63) is 47.3 Å². The molecule has 0 saturated heterocycles. The lowest BCUT2D eigenvalue weighted by molar-refractivity contribution is -0.138. The zero-order chi connectivity index (χ0) is 16.8. The van der Waals surface area contributed by atoms with Gasteiger partial charge in [-0.15, -0.1) is 5.10 Å². The van der Waals surface area contributed by atoms with Crippen LogP contribution in [0.2, 0.25) is 0 Å². The summed E-state index contributed by atoms with van der Waals surface area (Å²) in [7, 11) is 0. The van der Waals surface area contributed by atoms with Crippen LogP contribution in [0.15, 0.2) is 30.5 Å². The predicted octanol–water partition coefficient (Wildman–Crippen LogP) is 1.17. The Kier molecular flexibility index (Phi) is 5.46. The molecule has 1 aromatic carbocycles. The van der Waals surface area contributed by atoms with Crippen molar-refractivity contribution in [2.45, 2.75) is 33.4 Å². The number of rotatable bonds is 7. The molecule has 122 valence electrons. The van der Waals surface area contributed by atoms with Crippen LogP contribution in [0, 0.1) is 12.8 Å². The third kappa shape index (κ3) is 5.21. The Morgan fingerprint density at radius 1 is 1.30 bits per heavy atom. The Hall–Kier alpha value is -2.70. The lowest BCUT2D eigenvalue weighted by Crippen LogP contribution is -2.30. The number of aryl methyl sites for hydroxylation is 1. The number of benzene rings is 1. The highest BCUT2D eigenvalue weighted by Crippen LogP contribution is 2.10.